The van der Waals surface area contributed by atoms with Gasteiger partial charge < -0.3 is 0 Å². The van der Waals surface area contributed by atoms with Crippen LogP contribution in [0.1, 0.15) is 24.0 Å². The number of fused-ring (bicyclic) bond motifs is 2. The highest BCUT2D eigenvalue weighted by atomic mass is 35.5. The molecule has 0 aromatic heterocycles. The minimum atomic E-state index is 0.396. The average molecular weight is 265 g/mol. The fourth-order valence-corrected chi connectivity index (χ4v) is 3.44. The van der Waals surface area contributed by atoms with Crippen LogP contribution >= 0.6 is 11.6 Å². The van der Waals surface area contributed by atoms with E-state index in [9.17, 15) is 0 Å². The van der Waals surface area contributed by atoms with Crippen LogP contribution in [0.3, 0.4) is 0 Å². The van der Waals surface area contributed by atoms with Gasteiger partial charge in [0.25, 0.3) is 0 Å². The number of benzene rings is 3. The maximum Gasteiger partial charge on any atom is 0.0409 e. The van der Waals surface area contributed by atoms with Gasteiger partial charge in [0, 0.05) is 10.9 Å². The highest BCUT2D eigenvalue weighted by Gasteiger charge is 2.23. The molecule has 1 heteroatoms. The summed E-state index contributed by atoms with van der Waals surface area (Å²) in [6.45, 7) is 2.26. The van der Waals surface area contributed by atoms with Crippen LogP contribution in [0.2, 0.25) is 5.02 Å². The first-order chi connectivity index (χ1) is 9.25. The minimum absolute atomic E-state index is 0.396. The van der Waals surface area contributed by atoms with E-state index in [1.165, 1.54) is 33.0 Å². The molecule has 92 valence electrons. The van der Waals surface area contributed by atoms with Crippen molar-refractivity contribution < 1.29 is 0 Å². The molecule has 0 amide bonds. The Kier molecular flexibility index (Phi) is 2.24. The maximum absolute atomic E-state index is 6.17. The Bertz CT molecular complexity index is 797. The van der Waals surface area contributed by atoms with Crippen LogP contribution in [0.25, 0.3) is 21.9 Å². The Morgan fingerprint density at radius 1 is 0.842 bits per heavy atom. The highest BCUT2D eigenvalue weighted by Crippen LogP contribution is 2.45. The summed E-state index contributed by atoms with van der Waals surface area (Å²) >= 11 is 6.17. The van der Waals surface area contributed by atoms with Gasteiger partial charge in [0.15, 0.2) is 0 Å². The molecule has 0 N–H and O–H groups in total. The molecule has 0 radical (unpaired) electrons. The monoisotopic (exact) mass is 264 g/mol. The van der Waals surface area contributed by atoms with Crippen molar-refractivity contribution in [2.75, 3.05) is 0 Å². The van der Waals surface area contributed by atoms with E-state index < -0.39 is 0 Å². The van der Waals surface area contributed by atoms with Gasteiger partial charge in [0.1, 0.15) is 0 Å². The van der Waals surface area contributed by atoms with Gasteiger partial charge in [-0.15, -0.1) is 0 Å². The van der Waals surface area contributed by atoms with Gasteiger partial charge >= 0.3 is 0 Å². The van der Waals surface area contributed by atoms with Crippen molar-refractivity contribution in [2.45, 2.75) is 12.8 Å². The molecule has 3 aromatic rings. The summed E-state index contributed by atoms with van der Waals surface area (Å²) in [7, 11) is 0. The molecule has 0 fully saturated rings. The predicted molar refractivity (Wildman–Crippen MR) is 81.9 cm³/mol. The van der Waals surface area contributed by atoms with Crippen LogP contribution in [0, 0.1) is 0 Å². The summed E-state index contributed by atoms with van der Waals surface area (Å²) in [6, 6.07) is 19.4. The van der Waals surface area contributed by atoms with Gasteiger partial charge in [-0.2, -0.15) is 0 Å². The summed E-state index contributed by atoms with van der Waals surface area (Å²) in [5.74, 6) is 0.396. The molecule has 0 heterocycles. The molecule has 3 aromatic carbocycles. The molecular weight excluding hydrogens is 252 g/mol. The lowest BCUT2D eigenvalue weighted by Gasteiger charge is -2.26. The van der Waals surface area contributed by atoms with Crippen LogP contribution in [0.5, 0.6) is 0 Å². The SMILES string of the molecule is CC1c2cc(Cl)ccc2-c2cccc3cccc1c23. The Hall–Kier alpha value is -1.79. The van der Waals surface area contributed by atoms with Crippen molar-refractivity contribution in [2.24, 2.45) is 0 Å². The molecule has 0 nitrogen and oxygen atoms in total. The van der Waals surface area contributed by atoms with Crippen molar-refractivity contribution >= 4 is 22.4 Å². The number of rotatable bonds is 0. The van der Waals surface area contributed by atoms with Crippen molar-refractivity contribution in [3.8, 4) is 11.1 Å². The smallest absolute Gasteiger partial charge is 0.0409 e. The van der Waals surface area contributed by atoms with Gasteiger partial charge in [-0.25, -0.2) is 0 Å². The van der Waals surface area contributed by atoms with Gasteiger partial charge in [-0.1, -0.05) is 61.0 Å². The van der Waals surface area contributed by atoms with Crippen molar-refractivity contribution in [1.82, 2.24) is 0 Å². The van der Waals surface area contributed by atoms with Crippen LogP contribution in [0.15, 0.2) is 54.6 Å². The summed E-state index contributed by atoms with van der Waals surface area (Å²) in [5.41, 5.74) is 5.39. The van der Waals surface area contributed by atoms with Crippen LogP contribution in [-0.4, -0.2) is 0 Å². The molecule has 1 aliphatic carbocycles. The minimum Gasteiger partial charge on any atom is -0.0843 e. The van der Waals surface area contributed by atoms with Crippen molar-refractivity contribution in [3.63, 3.8) is 0 Å². The molecule has 1 aliphatic rings. The van der Waals surface area contributed by atoms with Crippen LogP contribution in [-0.2, 0) is 0 Å². The third kappa shape index (κ3) is 1.47. The first kappa shape index (κ1) is 11.1. The average Bonchev–Trinajstić information content (AvgIpc) is 2.44. The van der Waals surface area contributed by atoms with E-state index in [1.54, 1.807) is 0 Å². The van der Waals surface area contributed by atoms with E-state index in [4.69, 9.17) is 11.6 Å². The van der Waals surface area contributed by atoms with Crippen LogP contribution in [0.4, 0.5) is 0 Å². The summed E-state index contributed by atoms with van der Waals surface area (Å²) in [4.78, 5) is 0. The summed E-state index contributed by atoms with van der Waals surface area (Å²) in [5, 5.41) is 3.53. The van der Waals surface area contributed by atoms with Gasteiger partial charge in [-0.05, 0) is 45.2 Å². The molecule has 0 aliphatic heterocycles. The van der Waals surface area contributed by atoms with Gasteiger partial charge in [0.2, 0.25) is 0 Å². The third-order valence-corrected chi connectivity index (χ3v) is 4.41. The Morgan fingerprint density at radius 3 is 2.47 bits per heavy atom. The summed E-state index contributed by atoms with van der Waals surface area (Å²) in [6.07, 6.45) is 0. The zero-order valence-corrected chi connectivity index (χ0v) is 11.4. The van der Waals surface area contributed by atoms with E-state index in [0.717, 1.165) is 5.02 Å². The second-order valence-corrected chi connectivity index (χ2v) is 5.64. The fraction of sp³-hybridized carbons (Fsp3) is 0.111. The second-order valence-electron chi connectivity index (χ2n) is 5.20. The Balaban J connectivity index is 2.20. The Labute approximate surface area is 117 Å². The van der Waals surface area contributed by atoms with Crippen molar-refractivity contribution in [1.29, 1.82) is 0 Å². The lowest BCUT2D eigenvalue weighted by Crippen LogP contribution is -2.05. The van der Waals surface area contributed by atoms with Crippen LogP contribution < -0.4 is 0 Å². The van der Waals surface area contributed by atoms with E-state index in [1.807, 2.05) is 6.07 Å². The molecule has 4 rings (SSSR count). The van der Waals surface area contributed by atoms with Gasteiger partial charge in [-0.3, -0.25) is 0 Å². The second kappa shape index (κ2) is 3.85. The van der Waals surface area contributed by atoms with E-state index in [0.29, 0.717) is 5.92 Å². The molecule has 1 unspecified atom stereocenters. The zero-order chi connectivity index (χ0) is 13.0. The number of hydrogen-bond donors (Lipinski definition) is 0. The van der Waals surface area contributed by atoms with E-state index in [-0.39, 0.29) is 0 Å². The molecule has 0 spiro atoms. The predicted octanol–water partition coefficient (Wildman–Crippen LogP) is 5.63. The lowest BCUT2D eigenvalue weighted by atomic mass is 9.78. The topological polar surface area (TPSA) is 0 Å². The zero-order valence-electron chi connectivity index (χ0n) is 10.7. The molecule has 19 heavy (non-hydrogen) atoms. The maximum atomic E-state index is 6.17. The summed E-state index contributed by atoms with van der Waals surface area (Å²) < 4.78 is 0. The largest absolute Gasteiger partial charge is 0.0843 e. The quantitative estimate of drug-likeness (QED) is 0.494. The van der Waals surface area contributed by atoms with Crippen molar-refractivity contribution in [3.05, 3.63) is 70.7 Å². The number of hydrogen-bond acceptors (Lipinski definition) is 0. The third-order valence-electron chi connectivity index (χ3n) is 4.17. The molecule has 0 bridgehead atoms. The van der Waals surface area contributed by atoms with E-state index >= 15 is 0 Å². The highest BCUT2D eigenvalue weighted by molar-refractivity contribution is 6.30. The number of halogens is 1. The molecule has 1 atom stereocenters. The van der Waals surface area contributed by atoms with Gasteiger partial charge in [0.05, 0.1) is 0 Å². The molecule has 0 saturated carbocycles. The first-order valence-corrected chi connectivity index (χ1v) is 6.95. The van der Waals surface area contributed by atoms with E-state index in [2.05, 4.69) is 55.5 Å². The fourth-order valence-electron chi connectivity index (χ4n) is 3.26. The standard InChI is InChI=1S/C18H13Cl/c1-11-14-6-2-4-12-5-3-7-16(18(12)14)15-9-8-13(19)10-17(11)15/h2-11H,1H3. The Morgan fingerprint density at radius 2 is 1.63 bits per heavy atom. The first-order valence-electron chi connectivity index (χ1n) is 6.57. The molecule has 0 saturated heterocycles. The molecular formula is C18H13Cl. The lowest BCUT2D eigenvalue weighted by molar-refractivity contribution is 0.928. The normalized spacial score (nSPS) is 16.4.